The Kier molecular flexibility index (Phi) is 12.9. The molecule has 0 radical (unpaired) electrons. The Morgan fingerprint density at radius 1 is 0.692 bits per heavy atom. The van der Waals surface area contributed by atoms with Gasteiger partial charge < -0.3 is 32.4 Å². The van der Waals surface area contributed by atoms with E-state index < -0.39 is 36.0 Å². The molecule has 10 nitrogen and oxygen atoms in total. The minimum Gasteiger partial charge on any atom is -0.389 e. The van der Waals surface area contributed by atoms with Crippen molar-refractivity contribution < 1.29 is 28.7 Å². The highest BCUT2D eigenvalue weighted by molar-refractivity contribution is 6.00. The summed E-state index contributed by atoms with van der Waals surface area (Å²) in [6.45, 7) is 0.946. The molecule has 0 saturated carbocycles. The molecule has 0 fully saturated rings. The van der Waals surface area contributed by atoms with Crippen molar-refractivity contribution in [3.63, 3.8) is 0 Å². The van der Waals surface area contributed by atoms with Crippen molar-refractivity contribution in [3.05, 3.63) is 12.2 Å². The van der Waals surface area contributed by atoms with Gasteiger partial charge in [0, 0.05) is 12.2 Å². The van der Waals surface area contributed by atoms with E-state index in [0.717, 1.165) is 0 Å². The Morgan fingerprint density at radius 3 is 1.35 bits per heavy atom. The van der Waals surface area contributed by atoms with Crippen LogP contribution in [0.4, 0.5) is 0 Å². The molecular weight excluding hydrogens is 344 g/mol. The minimum absolute atomic E-state index is 0.325. The van der Waals surface area contributed by atoms with Crippen LogP contribution in [0.2, 0.25) is 0 Å². The maximum Gasteiger partial charge on any atom is 0.338 e. The normalized spacial score (nSPS) is 13.2. The summed E-state index contributed by atoms with van der Waals surface area (Å²) in [7, 11) is 0. The first-order chi connectivity index (χ1) is 12.3. The van der Waals surface area contributed by atoms with Crippen molar-refractivity contribution >= 4 is 23.9 Å². The second-order valence-corrected chi connectivity index (χ2v) is 5.60. The van der Waals surface area contributed by atoms with Crippen LogP contribution in [-0.4, -0.2) is 49.1 Å². The number of rotatable bonds is 12. The van der Waals surface area contributed by atoms with Crippen molar-refractivity contribution in [3.8, 4) is 0 Å². The van der Waals surface area contributed by atoms with Gasteiger partial charge in [-0.3, -0.25) is 0 Å². The van der Waals surface area contributed by atoms with Crippen LogP contribution in [-0.2, 0) is 28.7 Å². The van der Waals surface area contributed by atoms with Crippen LogP contribution in [0.15, 0.2) is 12.2 Å². The molecule has 8 N–H and O–H groups in total. The number of unbranched alkanes of at least 4 members (excludes halogenated alkanes) is 2. The number of esters is 4. The summed E-state index contributed by atoms with van der Waals surface area (Å²) in [4.78, 5) is 46.0. The maximum atomic E-state index is 11.6. The van der Waals surface area contributed by atoms with Gasteiger partial charge in [-0.05, 0) is 38.8 Å². The van der Waals surface area contributed by atoms with Crippen LogP contribution in [0.5, 0.6) is 0 Å². The van der Waals surface area contributed by atoms with Crippen molar-refractivity contribution in [2.75, 3.05) is 13.1 Å². The van der Waals surface area contributed by atoms with Gasteiger partial charge >= 0.3 is 23.9 Å². The van der Waals surface area contributed by atoms with E-state index in [2.05, 4.69) is 9.47 Å². The molecule has 0 amide bonds. The molecule has 26 heavy (non-hydrogen) atoms. The number of carbonyl (C=O) groups is 4. The standard InChI is InChI=1S/C16H28N4O6/c17-9-3-1-5-11(19)15(23)25-13(21)7-8-14(22)26-16(24)12(20)6-2-4-10-18/h7-8,11-12H,1-6,9-10,17-20H2/b8-7+/t11-,12-/m0/s1. The van der Waals surface area contributed by atoms with Gasteiger partial charge in [-0.15, -0.1) is 0 Å². The van der Waals surface area contributed by atoms with Crippen LogP contribution in [0.1, 0.15) is 38.5 Å². The lowest BCUT2D eigenvalue weighted by Crippen LogP contribution is -2.34. The Balaban J connectivity index is 4.23. The first-order valence-corrected chi connectivity index (χ1v) is 8.42. The molecule has 148 valence electrons. The lowest BCUT2D eigenvalue weighted by Gasteiger charge is -2.09. The van der Waals surface area contributed by atoms with Crippen LogP contribution in [0.3, 0.4) is 0 Å². The fraction of sp³-hybridized carbons (Fsp3) is 0.625. The maximum absolute atomic E-state index is 11.6. The first kappa shape index (κ1) is 23.9. The molecule has 10 heteroatoms. The quantitative estimate of drug-likeness (QED) is 0.137. The fourth-order valence-corrected chi connectivity index (χ4v) is 1.81. The molecular formula is C16H28N4O6. The number of hydrogen-bond donors (Lipinski definition) is 4. The van der Waals surface area contributed by atoms with Crippen LogP contribution >= 0.6 is 0 Å². The predicted molar refractivity (Wildman–Crippen MR) is 93.1 cm³/mol. The van der Waals surface area contributed by atoms with Crippen LogP contribution in [0, 0.1) is 0 Å². The average molecular weight is 372 g/mol. The second kappa shape index (κ2) is 14.1. The molecule has 0 aliphatic heterocycles. The summed E-state index contributed by atoms with van der Waals surface area (Å²) in [6.07, 6.45) is 4.62. The topological polar surface area (TPSA) is 191 Å². The van der Waals surface area contributed by atoms with E-state index in [9.17, 15) is 19.2 Å². The van der Waals surface area contributed by atoms with E-state index >= 15 is 0 Å². The first-order valence-electron chi connectivity index (χ1n) is 8.42. The van der Waals surface area contributed by atoms with Crippen LogP contribution < -0.4 is 22.9 Å². The van der Waals surface area contributed by atoms with Gasteiger partial charge in [-0.1, -0.05) is 12.8 Å². The third kappa shape index (κ3) is 11.4. The Labute approximate surface area is 152 Å². The third-order valence-corrected chi connectivity index (χ3v) is 3.30. The lowest BCUT2D eigenvalue weighted by molar-refractivity contribution is -0.160. The number of carbonyl (C=O) groups excluding carboxylic acids is 4. The largest absolute Gasteiger partial charge is 0.389 e. The molecule has 2 atom stereocenters. The molecule has 0 bridgehead atoms. The van der Waals surface area contributed by atoms with Crippen molar-refractivity contribution in [2.45, 2.75) is 50.6 Å². The van der Waals surface area contributed by atoms with E-state index in [-0.39, 0.29) is 0 Å². The smallest absolute Gasteiger partial charge is 0.338 e. The van der Waals surface area contributed by atoms with E-state index in [4.69, 9.17) is 22.9 Å². The summed E-state index contributed by atoms with van der Waals surface area (Å²) >= 11 is 0. The summed E-state index contributed by atoms with van der Waals surface area (Å²) < 4.78 is 8.92. The van der Waals surface area contributed by atoms with Gasteiger partial charge in [-0.2, -0.15) is 0 Å². The molecule has 0 aromatic rings. The molecule has 0 unspecified atom stereocenters. The summed E-state index contributed by atoms with van der Waals surface area (Å²) in [5.41, 5.74) is 21.8. The minimum atomic E-state index is -1.10. The molecule has 0 aliphatic rings. The van der Waals surface area contributed by atoms with Crippen molar-refractivity contribution in [2.24, 2.45) is 22.9 Å². The molecule has 0 spiro atoms. The fourth-order valence-electron chi connectivity index (χ4n) is 1.81. The predicted octanol–water partition coefficient (Wildman–Crippen LogP) is -1.41. The molecule has 0 rings (SSSR count). The Morgan fingerprint density at radius 2 is 1.04 bits per heavy atom. The highest BCUT2D eigenvalue weighted by atomic mass is 16.6. The highest BCUT2D eigenvalue weighted by Gasteiger charge is 2.19. The van der Waals surface area contributed by atoms with Crippen molar-refractivity contribution in [1.82, 2.24) is 0 Å². The van der Waals surface area contributed by atoms with Gasteiger partial charge in [0.2, 0.25) is 0 Å². The van der Waals surface area contributed by atoms with Crippen LogP contribution in [0.25, 0.3) is 0 Å². The van der Waals surface area contributed by atoms with E-state index in [1.54, 1.807) is 0 Å². The van der Waals surface area contributed by atoms with E-state index in [1.165, 1.54) is 0 Å². The molecule has 0 aromatic heterocycles. The lowest BCUT2D eigenvalue weighted by atomic mass is 10.1. The van der Waals surface area contributed by atoms with E-state index in [1.807, 2.05) is 0 Å². The molecule has 0 heterocycles. The summed E-state index contributed by atoms with van der Waals surface area (Å²) in [6, 6.07) is -1.92. The summed E-state index contributed by atoms with van der Waals surface area (Å²) in [5.74, 6) is -4.02. The average Bonchev–Trinajstić information content (AvgIpc) is 2.60. The van der Waals surface area contributed by atoms with Gasteiger partial charge in [-0.25, -0.2) is 19.2 Å². The van der Waals surface area contributed by atoms with Gasteiger partial charge in [0.25, 0.3) is 0 Å². The summed E-state index contributed by atoms with van der Waals surface area (Å²) in [5, 5.41) is 0. The zero-order valence-electron chi connectivity index (χ0n) is 14.7. The highest BCUT2D eigenvalue weighted by Crippen LogP contribution is 2.02. The molecule has 0 aliphatic carbocycles. The second-order valence-electron chi connectivity index (χ2n) is 5.60. The van der Waals surface area contributed by atoms with Gasteiger partial charge in [0.1, 0.15) is 12.1 Å². The van der Waals surface area contributed by atoms with Gasteiger partial charge in [0.15, 0.2) is 0 Å². The zero-order valence-corrected chi connectivity index (χ0v) is 14.7. The molecule has 0 saturated heterocycles. The number of nitrogens with two attached hydrogens (primary N) is 4. The van der Waals surface area contributed by atoms with E-state index in [0.29, 0.717) is 63.8 Å². The monoisotopic (exact) mass is 372 g/mol. The third-order valence-electron chi connectivity index (χ3n) is 3.30. The Hall–Kier alpha value is -2.14. The van der Waals surface area contributed by atoms with Gasteiger partial charge in [0.05, 0.1) is 0 Å². The number of ether oxygens (including phenoxy) is 2. The Bertz CT molecular complexity index is 465. The zero-order chi connectivity index (χ0) is 19.9. The van der Waals surface area contributed by atoms with Crippen molar-refractivity contribution in [1.29, 1.82) is 0 Å². The SMILES string of the molecule is NCCCC[C@H](N)C(=O)OC(=O)/C=C/C(=O)OC(=O)[C@@H](N)CCCCN. The number of hydrogen-bond acceptors (Lipinski definition) is 10. The molecule has 0 aromatic carbocycles.